The molecule has 0 aliphatic carbocycles. The molecule has 7 heteroatoms. The van der Waals surface area contributed by atoms with Crippen LogP contribution in [0.2, 0.25) is 0 Å². The molecule has 2 atom stereocenters. The second-order valence-electron chi connectivity index (χ2n) is 5.03. The molecule has 0 radical (unpaired) electrons. The van der Waals surface area contributed by atoms with Crippen molar-refractivity contribution in [3.63, 3.8) is 0 Å². The molecule has 0 bridgehead atoms. The molecule has 23 heavy (non-hydrogen) atoms. The van der Waals surface area contributed by atoms with Crippen LogP contribution < -0.4 is 5.32 Å². The van der Waals surface area contributed by atoms with Crippen LogP contribution in [0.15, 0.2) is 54.6 Å². The van der Waals surface area contributed by atoms with Gasteiger partial charge < -0.3 is 10.1 Å². The summed E-state index contributed by atoms with van der Waals surface area (Å²) >= 11 is 0. The minimum Gasteiger partial charge on any atom is -0.446 e. The second-order valence-corrected chi connectivity index (χ2v) is 5.03. The van der Waals surface area contributed by atoms with Crippen molar-refractivity contribution in [2.45, 2.75) is 12.1 Å². The third-order valence-electron chi connectivity index (χ3n) is 3.54. The van der Waals surface area contributed by atoms with Crippen LogP contribution in [0.4, 0.5) is 5.69 Å². The summed E-state index contributed by atoms with van der Waals surface area (Å²) in [4.78, 5) is 34.0. The number of rotatable bonds is 4. The van der Waals surface area contributed by atoms with Crippen LogP contribution in [0.25, 0.3) is 0 Å². The van der Waals surface area contributed by atoms with Gasteiger partial charge in [0.2, 0.25) is 6.10 Å². The number of ether oxygens (including phenoxy) is 1. The summed E-state index contributed by atoms with van der Waals surface area (Å²) in [6.07, 6.45) is -0.996. The van der Waals surface area contributed by atoms with Gasteiger partial charge in [-0.3, -0.25) is 14.9 Å². The van der Waals surface area contributed by atoms with Gasteiger partial charge in [0.1, 0.15) is 6.04 Å². The summed E-state index contributed by atoms with van der Waals surface area (Å²) in [5, 5.41) is 13.4. The lowest BCUT2D eigenvalue weighted by Gasteiger charge is -2.36. The van der Waals surface area contributed by atoms with E-state index in [1.807, 2.05) is 0 Å². The minimum absolute atomic E-state index is 0.0863. The number of non-ortho nitro benzene ring substituents is 1. The number of carbonyl (C=O) groups is 2. The summed E-state index contributed by atoms with van der Waals surface area (Å²) in [5.41, 5.74) is 0.770. The zero-order valence-corrected chi connectivity index (χ0v) is 11.8. The average Bonchev–Trinajstić information content (AvgIpc) is 2.58. The first kappa shape index (κ1) is 14.7. The molecule has 7 nitrogen and oxygen atoms in total. The molecular formula is C16H12N2O5. The van der Waals surface area contributed by atoms with Gasteiger partial charge in [-0.05, 0) is 17.7 Å². The molecule has 1 fully saturated rings. The fourth-order valence-electron chi connectivity index (χ4n) is 2.34. The minimum atomic E-state index is -0.996. The molecule has 1 amide bonds. The van der Waals surface area contributed by atoms with Crippen molar-refractivity contribution in [3.8, 4) is 0 Å². The lowest BCUT2D eigenvalue weighted by atomic mass is 9.93. The Labute approximate surface area is 131 Å². The first-order valence-electron chi connectivity index (χ1n) is 6.87. The van der Waals surface area contributed by atoms with Crippen molar-refractivity contribution < 1.29 is 19.2 Å². The monoisotopic (exact) mass is 312 g/mol. The zero-order valence-electron chi connectivity index (χ0n) is 11.8. The predicted octanol–water partition coefficient (Wildman–Crippen LogP) is 1.99. The number of benzene rings is 2. The fraction of sp³-hybridized carbons (Fsp3) is 0.125. The molecule has 0 spiro atoms. The molecule has 2 aromatic carbocycles. The second kappa shape index (κ2) is 5.88. The Kier molecular flexibility index (Phi) is 3.76. The molecule has 1 heterocycles. The third kappa shape index (κ3) is 2.89. The number of nitro benzene ring substituents is 1. The van der Waals surface area contributed by atoms with E-state index < -0.39 is 28.9 Å². The summed E-state index contributed by atoms with van der Waals surface area (Å²) < 4.78 is 5.23. The number of hydrogen-bond acceptors (Lipinski definition) is 5. The maximum atomic E-state index is 12.0. The molecule has 1 aliphatic heterocycles. The topological polar surface area (TPSA) is 98.5 Å². The van der Waals surface area contributed by atoms with Gasteiger partial charge in [0.25, 0.3) is 11.6 Å². The number of nitro groups is 1. The van der Waals surface area contributed by atoms with E-state index >= 15 is 0 Å². The van der Waals surface area contributed by atoms with Gasteiger partial charge >= 0.3 is 5.97 Å². The maximum absolute atomic E-state index is 12.0. The first-order chi connectivity index (χ1) is 11.1. The number of nitrogens with zero attached hydrogens (tertiary/aromatic N) is 1. The fourth-order valence-corrected chi connectivity index (χ4v) is 2.34. The standard InChI is InChI=1S/C16H12N2O5/c19-15-14(23-16(20)10-5-2-1-3-6-10)13(17-15)11-7-4-8-12(9-11)18(21)22/h1-9,13-14H,(H,17,19)/t13-,14-/m0/s1. The number of hydrogen-bond donors (Lipinski definition) is 1. The van der Waals surface area contributed by atoms with E-state index in [-0.39, 0.29) is 5.69 Å². The third-order valence-corrected chi connectivity index (χ3v) is 3.54. The van der Waals surface area contributed by atoms with Gasteiger partial charge in [0, 0.05) is 12.1 Å². The Morgan fingerprint density at radius 1 is 1.13 bits per heavy atom. The largest absolute Gasteiger partial charge is 0.446 e. The van der Waals surface area contributed by atoms with Gasteiger partial charge in [0.15, 0.2) is 0 Å². The molecule has 0 saturated carbocycles. The number of carbonyl (C=O) groups excluding carboxylic acids is 2. The molecule has 1 N–H and O–H groups in total. The van der Waals surface area contributed by atoms with E-state index in [4.69, 9.17) is 4.74 Å². The van der Waals surface area contributed by atoms with Gasteiger partial charge in [-0.15, -0.1) is 0 Å². The molecule has 0 aromatic heterocycles. The Morgan fingerprint density at radius 2 is 1.87 bits per heavy atom. The van der Waals surface area contributed by atoms with Crippen LogP contribution in [-0.2, 0) is 9.53 Å². The highest BCUT2D eigenvalue weighted by Gasteiger charge is 2.44. The van der Waals surface area contributed by atoms with Crippen molar-refractivity contribution in [1.82, 2.24) is 5.32 Å². The molecule has 1 saturated heterocycles. The van der Waals surface area contributed by atoms with Crippen molar-refractivity contribution in [3.05, 3.63) is 75.8 Å². The molecule has 3 rings (SSSR count). The van der Waals surface area contributed by atoms with E-state index in [1.54, 1.807) is 36.4 Å². The maximum Gasteiger partial charge on any atom is 0.338 e. The molecule has 2 aromatic rings. The van der Waals surface area contributed by atoms with Crippen LogP contribution in [-0.4, -0.2) is 22.9 Å². The highest BCUT2D eigenvalue weighted by atomic mass is 16.6. The van der Waals surface area contributed by atoms with Crippen LogP contribution in [0.1, 0.15) is 22.0 Å². The number of nitrogens with one attached hydrogen (secondary N) is 1. The molecule has 0 unspecified atom stereocenters. The molecule has 1 aliphatic rings. The van der Waals surface area contributed by atoms with Crippen molar-refractivity contribution in [2.24, 2.45) is 0 Å². The highest BCUT2D eigenvalue weighted by Crippen LogP contribution is 2.30. The van der Waals surface area contributed by atoms with Crippen LogP contribution in [0.5, 0.6) is 0 Å². The lowest BCUT2D eigenvalue weighted by molar-refractivity contribution is -0.385. The molecular weight excluding hydrogens is 300 g/mol. The Hall–Kier alpha value is -3.22. The first-order valence-corrected chi connectivity index (χ1v) is 6.87. The average molecular weight is 312 g/mol. The van der Waals surface area contributed by atoms with Gasteiger partial charge in [-0.25, -0.2) is 4.79 Å². The predicted molar refractivity (Wildman–Crippen MR) is 79.6 cm³/mol. The lowest BCUT2D eigenvalue weighted by Crippen LogP contribution is -2.57. The van der Waals surface area contributed by atoms with Gasteiger partial charge in [0.05, 0.1) is 10.5 Å². The van der Waals surface area contributed by atoms with E-state index in [0.29, 0.717) is 11.1 Å². The van der Waals surface area contributed by atoms with Crippen molar-refractivity contribution >= 4 is 17.6 Å². The SMILES string of the molecule is O=C(O[C@@H]1C(=O)N[C@H]1c1cccc([N+](=O)[O-])c1)c1ccccc1. The summed E-state index contributed by atoms with van der Waals surface area (Å²) in [7, 11) is 0. The van der Waals surface area contributed by atoms with Crippen LogP contribution in [0, 0.1) is 10.1 Å². The number of esters is 1. The van der Waals surface area contributed by atoms with E-state index in [0.717, 1.165) is 0 Å². The van der Waals surface area contributed by atoms with E-state index in [9.17, 15) is 19.7 Å². The van der Waals surface area contributed by atoms with Crippen LogP contribution >= 0.6 is 0 Å². The highest BCUT2D eigenvalue weighted by molar-refractivity contribution is 5.95. The number of β-lactam (4-membered cyclic amide) rings is 1. The Morgan fingerprint density at radius 3 is 2.52 bits per heavy atom. The normalized spacial score (nSPS) is 19.4. The summed E-state index contributed by atoms with van der Waals surface area (Å²) in [6.45, 7) is 0. The zero-order chi connectivity index (χ0) is 16.4. The van der Waals surface area contributed by atoms with Gasteiger partial charge in [-0.2, -0.15) is 0 Å². The summed E-state index contributed by atoms with van der Waals surface area (Å²) in [5.74, 6) is -1.04. The van der Waals surface area contributed by atoms with Crippen LogP contribution in [0.3, 0.4) is 0 Å². The smallest absolute Gasteiger partial charge is 0.338 e. The number of amides is 1. The van der Waals surface area contributed by atoms with E-state index in [2.05, 4.69) is 5.32 Å². The van der Waals surface area contributed by atoms with Crippen molar-refractivity contribution in [1.29, 1.82) is 0 Å². The van der Waals surface area contributed by atoms with Crippen molar-refractivity contribution in [2.75, 3.05) is 0 Å². The Balaban J connectivity index is 1.77. The van der Waals surface area contributed by atoms with Gasteiger partial charge in [-0.1, -0.05) is 30.3 Å². The quantitative estimate of drug-likeness (QED) is 0.403. The summed E-state index contributed by atoms with van der Waals surface area (Å²) in [6, 6.07) is 13.6. The van der Waals surface area contributed by atoms with E-state index in [1.165, 1.54) is 18.2 Å². The Bertz CT molecular complexity index is 775. The molecule has 116 valence electrons.